The molecule has 0 aliphatic carbocycles. The normalized spacial score (nSPS) is 23.5. The molecule has 1 aromatic heterocycles. The lowest BCUT2D eigenvalue weighted by atomic mass is 10.1. The van der Waals surface area contributed by atoms with Crippen LogP contribution in [0.1, 0.15) is 35.4 Å². The number of rotatable bonds is 5. The first-order valence-electron chi connectivity index (χ1n) is 9.97. The van der Waals surface area contributed by atoms with Gasteiger partial charge >= 0.3 is 0 Å². The molecule has 0 bridgehead atoms. The van der Waals surface area contributed by atoms with Gasteiger partial charge in [-0.05, 0) is 19.8 Å². The molecule has 11 heteroatoms. The van der Waals surface area contributed by atoms with Crippen LogP contribution in [-0.4, -0.2) is 103 Å². The van der Waals surface area contributed by atoms with E-state index in [0.717, 1.165) is 0 Å². The lowest BCUT2D eigenvalue weighted by molar-refractivity contribution is -0.132. The van der Waals surface area contributed by atoms with Crippen molar-refractivity contribution in [2.45, 2.75) is 44.4 Å². The molecule has 3 heterocycles. The van der Waals surface area contributed by atoms with Crippen LogP contribution < -0.4 is 0 Å². The van der Waals surface area contributed by atoms with Gasteiger partial charge in [-0.15, -0.1) is 0 Å². The third-order valence-corrected chi connectivity index (χ3v) is 6.81. The molecule has 2 aliphatic rings. The summed E-state index contributed by atoms with van der Waals surface area (Å²) in [5, 5.41) is 0. The van der Waals surface area contributed by atoms with Gasteiger partial charge in [0.25, 0.3) is 5.91 Å². The maximum absolute atomic E-state index is 13.0. The Morgan fingerprint density at radius 2 is 1.80 bits per heavy atom. The topological polar surface area (TPSA) is 113 Å². The molecule has 10 nitrogen and oxygen atoms in total. The van der Waals surface area contributed by atoms with Gasteiger partial charge < -0.3 is 14.5 Å². The van der Waals surface area contributed by atoms with Gasteiger partial charge in [0.2, 0.25) is 15.9 Å². The Bertz CT molecular complexity index is 881. The maximum atomic E-state index is 13.0. The van der Waals surface area contributed by atoms with E-state index < -0.39 is 16.1 Å². The number of carbonyl (C=O) groups is 2. The zero-order valence-electron chi connectivity index (χ0n) is 17.8. The van der Waals surface area contributed by atoms with E-state index in [9.17, 15) is 18.0 Å². The zero-order valence-corrected chi connectivity index (χ0v) is 18.6. The van der Waals surface area contributed by atoms with Gasteiger partial charge in [-0.2, -0.15) is 0 Å². The molecule has 0 aromatic carbocycles. The van der Waals surface area contributed by atoms with Crippen molar-refractivity contribution in [1.29, 1.82) is 0 Å². The van der Waals surface area contributed by atoms with Crippen LogP contribution in [0.15, 0.2) is 12.4 Å². The number of aromatic nitrogens is 2. The fourth-order valence-electron chi connectivity index (χ4n) is 3.87. The molecule has 0 spiro atoms. The average Bonchev–Trinajstić information content (AvgIpc) is 3.10. The number of sulfonamides is 1. The molecule has 2 atom stereocenters. The maximum Gasteiger partial charge on any atom is 0.274 e. The second-order valence-corrected chi connectivity index (χ2v) is 10.1. The summed E-state index contributed by atoms with van der Waals surface area (Å²) in [5.41, 5.74) is 0.898. The highest BCUT2D eigenvalue weighted by Crippen LogP contribution is 2.27. The van der Waals surface area contributed by atoms with E-state index in [1.165, 1.54) is 32.8 Å². The molecule has 2 amide bonds. The van der Waals surface area contributed by atoms with E-state index in [-0.39, 0.29) is 36.3 Å². The summed E-state index contributed by atoms with van der Waals surface area (Å²) in [6.45, 7) is 2.90. The summed E-state index contributed by atoms with van der Waals surface area (Å²) in [5.74, 6) is -0.512. The highest BCUT2D eigenvalue weighted by molar-refractivity contribution is 7.88. The second kappa shape index (κ2) is 8.94. The summed E-state index contributed by atoms with van der Waals surface area (Å²) >= 11 is 0. The molecule has 1 aromatic rings. The Kier molecular flexibility index (Phi) is 6.73. The molecular weight excluding hydrogens is 410 g/mol. The number of amides is 2. The van der Waals surface area contributed by atoms with E-state index in [0.29, 0.717) is 38.0 Å². The van der Waals surface area contributed by atoms with Gasteiger partial charge in [-0.1, -0.05) is 0 Å². The molecule has 0 unspecified atom stereocenters. The van der Waals surface area contributed by atoms with Crippen molar-refractivity contribution in [3.05, 3.63) is 23.8 Å². The fourth-order valence-corrected chi connectivity index (χ4v) is 4.75. The summed E-state index contributed by atoms with van der Waals surface area (Å²) in [6.07, 6.45) is 5.34. The van der Waals surface area contributed by atoms with Gasteiger partial charge in [0, 0.05) is 46.3 Å². The lowest BCUT2D eigenvalue weighted by Crippen LogP contribution is -2.45. The Hall–Kier alpha value is -2.11. The summed E-state index contributed by atoms with van der Waals surface area (Å²) in [4.78, 5) is 37.0. The van der Waals surface area contributed by atoms with Crippen molar-refractivity contribution in [3.63, 3.8) is 0 Å². The van der Waals surface area contributed by atoms with Crippen molar-refractivity contribution in [2.24, 2.45) is 0 Å². The Balaban J connectivity index is 1.68. The first-order chi connectivity index (χ1) is 14.1. The molecule has 3 rings (SSSR count). The van der Waals surface area contributed by atoms with Crippen molar-refractivity contribution >= 4 is 21.8 Å². The van der Waals surface area contributed by atoms with Crippen LogP contribution >= 0.6 is 0 Å². The Morgan fingerprint density at radius 1 is 1.13 bits per heavy atom. The first kappa shape index (κ1) is 22.6. The zero-order chi connectivity index (χ0) is 22.1. The SMILES string of the molecule is Cc1cnc(C(=O)N2C[C@@H](OC3CCN(S(C)(=O)=O)CC3)C[C@H]2C(=O)N(C)C)cn1. The molecule has 0 radical (unpaired) electrons. The number of piperidine rings is 1. The van der Waals surface area contributed by atoms with Gasteiger partial charge in [-0.3, -0.25) is 14.6 Å². The van der Waals surface area contributed by atoms with Crippen molar-refractivity contribution in [3.8, 4) is 0 Å². The standard InChI is InChI=1S/C19H29N5O5S/c1-13-10-21-16(11-20-13)18(25)24-12-15(9-17(24)19(26)22(2)3)29-14-5-7-23(8-6-14)30(4,27)28/h10-11,14-15,17H,5-9,12H2,1-4H3/t15-,17-/m0/s1. The lowest BCUT2D eigenvalue weighted by Gasteiger charge is -2.31. The Morgan fingerprint density at radius 3 is 2.33 bits per heavy atom. The molecule has 2 aliphatic heterocycles. The van der Waals surface area contributed by atoms with E-state index in [1.807, 2.05) is 0 Å². The molecule has 2 fully saturated rings. The molecule has 2 saturated heterocycles. The van der Waals surface area contributed by atoms with E-state index in [2.05, 4.69) is 9.97 Å². The number of ether oxygens (including phenoxy) is 1. The highest BCUT2D eigenvalue weighted by atomic mass is 32.2. The van der Waals surface area contributed by atoms with Gasteiger partial charge in [0.05, 0.1) is 30.4 Å². The van der Waals surface area contributed by atoms with E-state index >= 15 is 0 Å². The van der Waals surface area contributed by atoms with Crippen LogP contribution in [0.3, 0.4) is 0 Å². The third kappa shape index (κ3) is 5.13. The molecule has 30 heavy (non-hydrogen) atoms. The number of hydrogen-bond donors (Lipinski definition) is 0. The number of nitrogens with zero attached hydrogens (tertiary/aromatic N) is 5. The number of hydrogen-bond acceptors (Lipinski definition) is 7. The number of likely N-dealkylation sites (N-methyl/N-ethyl adjacent to an activating group) is 1. The van der Waals surface area contributed by atoms with Crippen LogP contribution in [0.4, 0.5) is 0 Å². The van der Waals surface area contributed by atoms with Crippen molar-refractivity contribution < 1.29 is 22.7 Å². The summed E-state index contributed by atoms with van der Waals surface area (Å²) in [7, 11) is 0.119. The van der Waals surface area contributed by atoms with Gasteiger partial charge in [0.1, 0.15) is 11.7 Å². The van der Waals surface area contributed by atoms with Crippen LogP contribution in [0.2, 0.25) is 0 Å². The molecular formula is C19H29N5O5S. The minimum Gasteiger partial charge on any atom is -0.373 e. The van der Waals surface area contributed by atoms with Crippen LogP contribution in [0.5, 0.6) is 0 Å². The Labute approximate surface area is 177 Å². The summed E-state index contributed by atoms with van der Waals surface area (Å²) < 4.78 is 31.0. The second-order valence-electron chi connectivity index (χ2n) is 8.10. The van der Waals surface area contributed by atoms with E-state index in [4.69, 9.17) is 4.74 Å². The fraction of sp³-hybridized carbons (Fsp3) is 0.684. The van der Waals surface area contributed by atoms with Gasteiger partial charge in [-0.25, -0.2) is 17.7 Å². The average molecular weight is 440 g/mol. The predicted molar refractivity (Wildman–Crippen MR) is 109 cm³/mol. The number of carbonyl (C=O) groups excluding carboxylic acids is 2. The third-order valence-electron chi connectivity index (χ3n) is 5.50. The van der Waals surface area contributed by atoms with Crippen LogP contribution in [0.25, 0.3) is 0 Å². The van der Waals surface area contributed by atoms with Crippen LogP contribution in [0, 0.1) is 6.92 Å². The quantitative estimate of drug-likeness (QED) is 0.629. The predicted octanol–water partition coefficient (Wildman–Crippen LogP) is -0.103. The first-order valence-corrected chi connectivity index (χ1v) is 11.8. The minimum atomic E-state index is -3.20. The number of likely N-dealkylation sites (tertiary alicyclic amines) is 1. The molecule has 0 N–H and O–H groups in total. The van der Waals surface area contributed by atoms with Crippen molar-refractivity contribution in [2.75, 3.05) is 40.0 Å². The largest absolute Gasteiger partial charge is 0.373 e. The van der Waals surface area contributed by atoms with Crippen molar-refractivity contribution in [1.82, 2.24) is 24.1 Å². The number of aryl methyl sites for hydroxylation is 1. The smallest absolute Gasteiger partial charge is 0.274 e. The molecule has 0 saturated carbocycles. The van der Waals surface area contributed by atoms with Gasteiger partial charge in [0.15, 0.2) is 0 Å². The highest BCUT2D eigenvalue weighted by Gasteiger charge is 2.42. The van der Waals surface area contributed by atoms with Crippen LogP contribution in [-0.2, 0) is 19.6 Å². The van der Waals surface area contributed by atoms with E-state index in [1.54, 1.807) is 21.0 Å². The summed E-state index contributed by atoms with van der Waals surface area (Å²) in [6, 6.07) is -0.628. The minimum absolute atomic E-state index is 0.0997. The monoisotopic (exact) mass is 439 g/mol. The molecule has 166 valence electrons.